The van der Waals surface area contributed by atoms with E-state index in [1.807, 2.05) is 13.1 Å². The second-order valence-corrected chi connectivity index (χ2v) is 7.41. The Kier molecular flexibility index (Phi) is 5.90. The zero-order valence-electron chi connectivity index (χ0n) is 17.7. The van der Waals surface area contributed by atoms with E-state index in [-0.39, 0.29) is 18.3 Å². The van der Waals surface area contributed by atoms with E-state index in [1.54, 1.807) is 29.9 Å². The summed E-state index contributed by atoms with van der Waals surface area (Å²) in [6.45, 7) is 4.15. The molecule has 170 valence electrons. The van der Waals surface area contributed by atoms with Crippen LogP contribution in [-0.4, -0.2) is 37.1 Å². The topological polar surface area (TPSA) is 86.9 Å². The summed E-state index contributed by atoms with van der Waals surface area (Å²) in [5.74, 6) is -0.111. The zero-order chi connectivity index (χ0) is 22.9. The number of hydrogen-bond donors (Lipinski definition) is 1. The Morgan fingerprint density at radius 1 is 1.28 bits per heavy atom. The van der Waals surface area contributed by atoms with Crippen LogP contribution in [0.15, 0.2) is 30.6 Å². The second kappa shape index (κ2) is 8.64. The summed E-state index contributed by atoms with van der Waals surface area (Å²) in [4.78, 5) is 17.0. The Morgan fingerprint density at radius 3 is 2.81 bits per heavy atom. The highest BCUT2D eigenvalue weighted by Crippen LogP contribution is 2.32. The molecule has 1 aliphatic rings. The monoisotopic (exact) mass is 448 g/mol. The summed E-state index contributed by atoms with van der Waals surface area (Å²) in [7, 11) is 0. The van der Waals surface area contributed by atoms with Crippen LogP contribution in [0.3, 0.4) is 0 Å². The van der Waals surface area contributed by atoms with Gasteiger partial charge in [-0.1, -0.05) is 0 Å². The van der Waals surface area contributed by atoms with Crippen LogP contribution in [0.1, 0.15) is 60.2 Å². The molecule has 1 atom stereocenters. The second-order valence-electron chi connectivity index (χ2n) is 7.41. The molecule has 1 N–H and O–H groups in total. The van der Waals surface area contributed by atoms with Crippen molar-refractivity contribution in [1.29, 1.82) is 0 Å². The van der Waals surface area contributed by atoms with Gasteiger partial charge in [-0.3, -0.25) is 9.48 Å². The highest BCUT2D eigenvalue weighted by molar-refractivity contribution is 5.93. The lowest BCUT2D eigenvalue weighted by molar-refractivity contribution is -0.141. The number of alkyl halides is 3. The number of hydrogen-bond acceptors (Lipinski definition) is 5. The standard InChI is InChI=1S/C21H23F3N6O2/c1-3-29-17(11-18(28-29)21(22,23)24)20(31)26-15-6-5-7-16-14(15)12-30(27-16)13-8-9-25-19(10-13)32-4-2/h8-12,15H,3-7H2,1-2H3,(H,26,31)/t15-/m0/s1. The molecule has 3 aromatic heterocycles. The average Bonchev–Trinajstić information content (AvgIpc) is 3.39. The van der Waals surface area contributed by atoms with Crippen molar-refractivity contribution in [2.24, 2.45) is 0 Å². The number of ether oxygens (including phenoxy) is 1. The average molecular weight is 448 g/mol. The molecule has 0 saturated carbocycles. The maximum atomic E-state index is 13.0. The highest BCUT2D eigenvalue weighted by atomic mass is 19.4. The van der Waals surface area contributed by atoms with Crippen molar-refractivity contribution in [3.8, 4) is 11.6 Å². The van der Waals surface area contributed by atoms with Gasteiger partial charge in [0.05, 0.1) is 24.0 Å². The van der Waals surface area contributed by atoms with Crippen molar-refractivity contribution in [3.05, 3.63) is 53.2 Å². The van der Waals surface area contributed by atoms with Gasteiger partial charge < -0.3 is 10.1 Å². The van der Waals surface area contributed by atoms with Gasteiger partial charge in [0.1, 0.15) is 5.69 Å². The van der Waals surface area contributed by atoms with Crippen molar-refractivity contribution in [3.63, 3.8) is 0 Å². The number of halogens is 3. The van der Waals surface area contributed by atoms with Gasteiger partial charge in [-0.2, -0.15) is 23.4 Å². The van der Waals surface area contributed by atoms with E-state index in [9.17, 15) is 18.0 Å². The number of carbonyl (C=O) groups is 1. The van der Waals surface area contributed by atoms with Crippen molar-refractivity contribution in [1.82, 2.24) is 29.9 Å². The quantitative estimate of drug-likeness (QED) is 0.621. The lowest BCUT2D eigenvalue weighted by Gasteiger charge is -2.22. The number of carbonyl (C=O) groups excluding carboxylic acids is 1. The Balaban J connectivity index is 1.59. The third kappa shape index (κ3) is 4.32. The Bertz CT molecular complexity index is 1120. The van der Waals surface area contributed by atoms with Crippen LogP contribution in [0.5, 0.6) is 5.88 Å². The molecule has 0 unspecified atom stereocenters. The van der Waals surface area contributed by atoms with Gasteiger partial charge in [-0.15, -0.1) is 0 Å². The summed E-state index contributed by atoms with van der Waals surface area (Å²) in [6, 6.07) is 4.00. The molecule has 8 nitrogen and oxygen atoms in total. The maximum Gasteiger partial charge on any atom is 0.435 e. The summed E-state index contributed by atoms with van der Waals surface area (Å²) in [5, 5.41) is 11.0. The van der Waals surface area contributed by atoms with Crippen molar-refractivity contribution < 1.29 is 22.7 Å². The van der Waals surface area contributed by atoms with Gasteiger partial charge >= 0.3 is 6.18 Å². The Hall–Kier alpha value is -3.37. The van der Waals surface area contributed by atoms with Gasteiger partial charge in [-0.25, -0.2) is 9.67 Å². The third-order valence-corrected chi connectivity index (χ3v) is 5.29. The van der Waals surface area contributed by atoms with Crippen LogP contribution < -0.4 is 10.1 Å². The minimum absolute atomic E-state index is 0.116. The molecule has 1 aliphatic carbocycles. The minimum atomic E-state index is -4.61. The maximum absolute atomic E-state index is 13.0. The highest BCUT2D eigenvalue weighted by Gasteiger charge is 2.36. The number of rotatable bonds is 6. The number of nitrogens with zero attached hydrogens (tertiary/aromatic N) is 5. The first-order valence-corrected chi connectivity index (χ1v) is 10.4. The Labute approximate surface area is 182 Å². The Morgan fingerprint density at radius 2 is 2.09 bits per heavy atom. The van der Waals surface area contributed by atoms with E-state index in [4.69, 9.17) is 4.74 Å². The third-order valence-electron chi connectivity index (χ3n) is 5.29. The summed E-state index contributed by atoms with van der Waals surface area (Å²) in [6.07, 6.45) is 1.07. The lowest BCUT2D eigenvalue weighted by atomic mass is 9.93. The lowest BCUT2D eigenvalue weighted by Crippen LogP contribution is -2.32. The molecular formula is C21H23F3N6O2. The molecule has 4 rings (SSSR count). The predicted octanol–water partition coefficient (Wildman–Crippen LogP) is 3.71. The molecule has 1 amide bonds. The minimum Gasteiger partial charge on any atom is -0.478 e. The van der Waals surface area contributed by atoms with Crippen LogP contribution in [0, 0.1) is 0 Å². The van der Waals surface area contributed by atoms with E-state index in [2.05, 4.69) is 20.5 Å². The zero-order valence-corrected chi connectivity index (χ0v) is 17.7. The fourth-order valence-corrected chi connectivity index (χ4v) is 3.80. The largest absolute Gasteiger partial charge is 0.478 e. The number of aromatic nitrogens is 5. The fourth-order valence-electron chi connectivity index (χ4n) is 3.80. The first kappa shape index (κ1) is 21.8. The van der Waals surface area contributed by atoms with E-state index >= 15 is 0 Å². The van der Waals surface area contributed by atoms with E-state index in [1.165, 1.54) is 0 Å². The fraction of sp³-hybridized carbons (Fsp3) is 0.429. The van der Waals surface area contributed by atoms with Gasteiger partial charge in [0.15, 0.2) is 5.69 Å². The molecule has 0 bridgehead atoms. The number of amides is 1. The summed E-state index contributed by atoms with van der Waals surface area (Å²) >= 11 is 0. The number of nitrogens with one attached hydrogen (secondary N) is 1. The van der Waals surface area contributed by atoms with Gasteiger partial charge in [-0.05, 0) is 39.2 Å². The van der Waals surface area contributed by atoms with Crippen molar-refractivity contribution in [2.45, 2.75) is 51.9 Å². The summed E-state index contributed by atoms with van der Waals surface area (Å²) in [5.41, 5.74) is 1.26. The normalized spacial score (nSPS) is 16.0. The molecule has 0 aromatic carbocycles. The smallest absolute Gasteiger partial charge is 0.435 e. The summed E-state index contributed by atoms with van der Waals surface area (Å²) < 4.78 is 47.4. The van der Waals surface area contributed by atoms with E-state index in [0.29, 0.717) is 18.9 Å². The van der Waals surface area contributed by atoms with Crippen LogP contribution in [0.2, 0.25) is 0 Å². The first-order valence-electron chi connectivity index (χ1n) is 10.4. The predicted molar refractivity (Wildman–Crippen MR) is 109 cm³/mol. The van der Waals surface area contributed by atoms with E-state index < -0.39 is 17.8 Å². The SMILES string of the molecule is CCOc1cc(-n2cc3c(n2)CCC[C@@H]3NC(=O)c2cc(C(F)(F)F)nn2CC)ccn1. The van der Waals surface area contributed by atoms with Crippen molar-refractivity contribution >= 4 is 5.91 Å². The van der Waals surface area contributed by atoms with Crippen LogP contribution in [-0.2, 0) is 19.1 Å². The van der Waals surface area contributed by atoms with Crippen LogP contribution >= 0.6 is 0 Å². The molecular weight excluding hydrogens is 425 g/mol. The molecule has 0 fully saturated rings. The van der Waals surface area contributed by atoms with Crippen molar-refractivity contribution in [2.75, 3.05) is 6.61 Å². The molecule has 0 radical (unpaired) electrons. The number of pyridine rings is 1. The first-order chi connectivity index (χ1) is 15.3. The molecule has 0 spiro atoms. The number of fused-ring (bicyclic) bond motifs is 1. The van der Waals surface area contributed by atoms with Crippen LogP contribution in [0.25, 0.3) is 5.69 Å². The molecule has 3 aromatic rings. The molecule has 11 heteroatoms. The van der Waals surface area contributed by atoms with Gasteiger partial charge in [0, 0.05) is 36.6 Å². The van der Waals surface area contributed by atoms with E-state index in [0.717, 1.165) is 40.5 Å². The van der Waals surface area contributed by atoms with Crippen LogP contribution in [0.4, 0.5) is 13.2 Å². The molecule has 3 heterocycles. The van der Waals surface area contributed by atoms with Gasteiger partial charge in [0.2, 0.25) is 5.88 Å². The molecule has 0 saturated heterocycles. The molecule has 0 aliphatic heterocycles. The molecule has 32 heavy (non-hydrogen) atoms. The van der Waals surface area contributed by atoms with Gasteiger partial charge in [0.25, 0.3) is 5.91 Å². The number of aryl methyl sites for hydroxylation is 2.